The zero-order valence-electron chi connectivity index (χ0n) is 10.5. The molecule has 0 saturated carbocycles. The van der Waals surface area contributed by atoms with Gasteiger partial charge in [0.1, 0.15) is 5.75 Å². The Morgan fingerprint density at radius 3 is 2.53 bits per heavy atom. The van der Waals surface area contributed by atoms with Crippen LogP contribution in [0.4, 0.5) is 5.69 Å². The Morgan fingerprint density at radius 1 is 1.21 bits per heavy atom. The van der Waals surface area contributed by atoms with E-state index >= 15 is 0 Å². The standard InChI is InChI=1S/C15H15BrClNO/c1-2-14(10-3-6-12(19)7-4-10)18-15-9-11(17)5-8-13(15)16/h3-9,14,18-19H,2H2,1H3. The third kappa shape index (κ3) is 3.64. The molecule has 0 aromatic heterocycles. The van der Waals surface area contributed by atoms with Gasteiger partial charge >= 0.3 is 0 Å². The number of halogens is 2. The van der Waals surface area contributed by atoms with Crippen LogP contribution in [0.3, 0.4) is 0 Å². The lowest BCUT2D eigenvalue weighted by Crippen LogP contribution is -2.09. The van der Waals surface area contributed by atoms with Crippen LogP contribution in [0.5, 0.6) is 5.75 Å². The first-order chi connectivity index (χ1) is 9.10. The van der Waals surface area contributed by atoms with Crippen LogP contribution in [-0.4, -0.2) is 5.11 Å². The molecular formula is C15H15BrClNO. The van der Waals surface area contributed by atoms with E-state index in [1.165, 1.54) is 0 Å². The van der Waals surface area contributed by atoms with Crippen molar-refractivity contribution in [2.75, 3.05) is 5.32 Å². The van der Waals surface area contributed by atoms with Gasteiger partial charge in [0.25, 0.3) is 0 Å². The molecule has 2 nitrogen and oxygen atoms in total. The molecule has 1 atom stereocenters. The average molecular weight is 341 g/mol. The monoisotopic (exact) mass is 339 g/mol. The highest BCUT2D eigenvalue weighted by Gasteiger charge is 2.11. The first kappa shape index (κ1) is 14.2. The summed E-state index contributed by atoms with van der Waals surface area (Å²) in [5.41, 5.74) is 2.10. The van der Waals surface area contributed by atoms with E-state index in [4.69, 9.17) is 11.6 Å². The number of rotatable bonds is 4. The van der Waals surface area contributed by atoms with Crippen molar-refractivity contribution in [2.24, 2.45) is 0 Å². The Balaban J connectivity index is 2.23. The largest absolute Gasteiger partial charge is 0.508 e. The maximum absolute atomic E-state index is 9.34. The molecule has 0 heterocycles. The zero-order chi connectivity index (χ0) is 13.8. The Kier molecular flexibility index (Phi) is 4.72. The van der Waals surface area contributed by atoms with Gasteiger partial charge in [-0.1, -0.05) is 30.7 Å². The second-order valence-electron chi connectivity index (χ2n) is 4.32. The maximum atomic E-state index is 9.34. The van der Waals surface area contributed by atoms with Crippen molar-refractivity contribution >= 4 is 33.2 Å². The van der Waals surface area contributed by atoms with Gasteiger partial charge in [-0.15, -0.1) is 0 Å². The quantitative estimate of drug-likeness (QED) is 0.784. The highest BCUT2D eigenvalue weighted by molar-refractivity contribution is 9.10. The topological polar surface area (TPSA) is 32.3 Å². The third-order valence-corrected chi connectivity index (χ3v) is 3.89. The molecule has 0 aliphatic rings. The summed E-state index contributed by atoms with van der Waals surface area (Å²) >= 11 is 9.53. The molecule has 100 valence electrons. The molecule has 4 heteroatoms. The molecule has 2 N–H and O–H groups in total. The van der Waals surface area contributed by atoms with Gasteiger partial charge in [0.05, 0.1) is 11.7 Å². The van der Waals surface area contributed by atoms with Gasteiger partial charge in [-0.05, 0) is 58.2 Å². The lowest BCUT2D eigenvalue weighted by molar-refractivity contribution is 0.475. The SMILES string of the molecule is CCC(Nc1cc(Cl)ccc1Br)c1ccc(O)cc1. The van der Waals surface area contributed by atoms with Crippen LogP contribution in [-0.2, 0) is 0 Å². The number of aromatic hydroxyl groups is 1. The molecule has 1 unspecified atom stereocenters. The number of anilines is 1. The molecule has 0 spiro atoms. The van der Waals surface area contributed by atoms with E-state index in [-0.39, 0.29) is 11.8 Å². The van der Waals surface area contributed by atoms with Crippen LogP contribution in [0.15, 0.2) is 46.9 Å². The van der Waals surface area contributed by atoms with Crippen LogP contribution in [0, 0.1) is 0 Å². The molecule has 0 amide bonds. The molecule has 19 heavy (non-hydrogen) atoms. The Bertz CT molecular complexity index is 557. The number of phenols is 1. The van der Waals surface area contributed by atoms with Crippen LogP contribution in [0.1, 0.15) is 24.9 Å². The molecule has 2 aromatic carbocycles. The van der Waals surface area contributed by atoms with Crippen molar-refractivity contribution in [3.8, 4) is 5.75 Å². The predicted molar refractivity (Wildman–Crippen MR) is 83.9 cm³/mol. The van der Waals surface area contributed by atoms with Crippen molar-refractivity contribution in [3.63, 3.8) is 0 Å². The minimum Gasteiger partial charge on any atom is -0.508 e. The van der Waals surface area contributed by atoms with Gasteiger partial charge in [-0.3, -0.25) is 0 Å². The molecular weight excluding hydrogens is 326 g/mol. The third-order valence-electron chi connectivity index (χ3n) is 2.96. The van der Waals surface area contributed by atoms with Crippen molar-refractivity contribution in [3.05, 3.63) is 57.5 Å². The molecule has 0 aliphatic carbocycles. The number of benzene rings is 2. The minimum absolute atomic E-state index is 0.176. The molecule has 2 aromatic rings. The highest BCUT2D eigenvalue weighted by atomic mass is 79.9. The number of hydrogen-bond donors (Lipinski definition) is 2. The predicted octanol–water partition coefficient (Wildman–Crippen LogP) is 5.37. The van der Waals surface area contributed by atoms with Gasteiger partial charge < -0.3 is 10.4 Å². The highest BCUT2D eigenvalue weighted by Crippen LogP contribution is 2.31. The van der Waals surface area contributed by atoms with Gasteiger partial charge in [0.15, 0.2) is 0 Å². The number of hydrogen-bond acceptors (Lipinski definition) is 2. The van der Waals surface area contributed by atoms with Crippen molar-refractivity contribution < 1.29 is 5.11 Å². The normalized spacial score (nSPS) is 12.2. The van der Waals surface area contributed by atoms with Gasteiger partial charge in [0.2, 0.25) is 0 Å². The van der Waals surface area contributed by atoms with E-state index in [1.807, 2.05) is 30.3 Å². The van der Waals surface area contributed by atoms with Gasteiger partial charge in [-0.25, -0.2) is 0 Å². The van der Waals surface area contributed by atoms with E-state index in [0.29, 0.717) is 5.02 Å². The van der Waals surface area contributed by atoms with Crippen molar-refractivity contribution in [1.29, 1.82) is 0 Å². The van der Waals surface area contributed by atoms with Gasteiger partial charge in [0, 0.05) is 9.50 Å². The summed E-state index contributed by atoms with van der Waals surface area (Å²) in [4.78, 5) is 0. The fraction of sp³-hybridized carbons (Fsp3) is 0.200. The van der Waals surface area contributed by atoms with Crippen molar-refractivity contribution in [1.82, 2.24) is 0 Å². The summed E-state index contributed by atoms with van der Waals surface area (Å²) in [7, 11) is 0. The smallest absolute Gasteiger partial charge is 0.115 e. The van der Waals surface area contributed by atoms with Crippen molar-refractivity contribution in [2.45, 2.75) is 19.4 Å². The van der Waals surface area contributed by atoms with Crippen LogP contribution < -0.4 is 5.32 Å². The first-order valence-electron chi connectivity index (χ1n) is 6.10. The van der Waals surface area contributed by atoms with E-state index in [9.17, 15) is 5.11 Å². The fourth-order valence-electron chi connectivity index (χ4n) is 1.92. The summed E-state index contributed by atoms with van der Waals surface area (Å²) in [6.45, 7) is 2.11. The average Bonchev–Trinajstić information content (AvgIpc) is 2.41. The Labute approximate surface area is 126 Å². The lowest BCUT2D eigenvalue weighted by atomic mass is 10.0. The van der Waals surface area contributed by atoms with Crippen LogP contribution in [0.25, 0.3) is 0 Å². The second kappa shape index (κ2) is 6.31. The van der Waals surface area contributed by atoms with E-state index in [2.05, 4.69) is 28.2 Å². The number of nitrogens with one attached hydrogen (secondary N) is 1. The van der Waals surface area contributed by atoms with Crippen LogP contribution >= 0.6 is 27.5 Å². The molecule has 0 fully saturated rings. The zero-order valence-corrected chi connectivity index (χ0v) is 12.9. The Morgan fingerprint density at radius 2 is 1.89 bits per heavy atom. The number of phenolic OH excluding ortho intramolecular Hbond substituents is 1. The second-order valence-corrected chi connectivity index (χ2v) is 5.61. The molecule has 0 radical (unpaired) electrons. The Hall–Kier alpha value is -1.19. The van der Waals surface area contributed by atoms with E-state index in [1.54, 1.807) is 12.1 Å². The summed E-state index contributed by atoms with van der Waals surface area (Å²) in [6, 6.07) is 13.1. The molecule has 0 aliphatic heterocycles. The first-order valence-corrected chi connectivity index (χ1v) is 7.27. The maximum Gasteiger partial charge on any atom is 0.115 e. The van der Waals surface area contributed by atoms with E-state index < -0.39 is 0 Å². The minimum atomic E-state index is 0.176. The van der Waals surface area contributed by atoms with Gasteiger partial charge in [-0.2, -0.15) is 0 Å². The molecule has 0 bridgehead atoms. The fourth-order valence-corrected chi connectivity index (χ4v) is 2.46. The summed E-state index contributed by atoms with van der Waals surface area (Å²) < 4.78 is 0.981. The van der Waals surface area contributed by atoms with Crippen LogP contribution in [0.2, 0.25) is 5.02 Å². The van der Waals surface area contributed by atoms with E-state index in [0.717, 1.165) is 22.1 Å². The lowest BCUT2D eigenvalue weighted by Gasteiger charge is -2.20. The molecule has 0 saturated heterocycles. The summed E-state index contributed by atoms with van der Waals surface area (Å²) in [6.07, 6.45) is 0.934. The summed E-state index contributed by atoms with van der Waals surface area (Å²) in [5, 5.41) is 13.5. The molecule has 2 rings (SSSR count). The summed E-state index contributed by atoms with van der Waals surface area (Å²) in [5.74, 6) is 0.280.